The van der Waals surface area contributed by atoms with Crippen LogP contribution >= 0.6 is 24.0 Å². The van der Waals surface area contributed by atoms with Crippen molar-refractivity contribution in [3.63, 3.8) is 0 Å². The van der Waals surface area contributed by atoms with Gasteiger partial charge in [-0.1, -0.05) is 0 Å². The van der Waals surface area contributed by atoms with Gasteiger partial charge in [-0.25, -0.2) is 4.99 Å². The second kappa shape index (κ2) is 7.55. The molecule has 2 rings (SSSR count). The monoisotopic (exact) mass is 364 g/mol. The lowest BCUT2D eigenvalue weighted by Crippen LogP contribution is -2.40. The van der Waals surface area contributed by atoms with Crippen molar-refractivity contribution >= 4 is 29.9 Å². The summed E-state index contributed by atoms with van der Waals surface area (Å²) in [6, 6.07) is 0. The van der Waals surface area contributed by atoms with Gasteiger partial charge >= 0.3 is 0 Å². The highest BCUT2D eigenvalue weighted by atomic mass is 127. The molecule has 0 aliphatic carbocycles. The van der Waals surface area contributed by atoms with Gasteiger partial charge in [-0.3, -0.25) is 0 Å². The Hall–Kier alpha value is -0.860. The molecule has 0 unspecified atom stereocenters. The third-order valence-corrected chi connectivity index (χ3v) is 3.10. The summed E-state index contributed by atoms with van der Waals surface area (Å²) in [4.78, 5) is 6.54. The highest BCUT2D eigenvalue weighted by Crippen LogP contribution is 2.08. The van der Waals surface area contributed by atoms with Crippen LogP contribution in [0.4, 0.5) is 0 Å². The number of aryl methyl sites for hydroxylation is 1. The largest absolute Gasteiger partial charge is 0.370 e. The summed E-state index contributed by atoms with van der Waals surface area (Å²) in [5, 5.41) is 7.91. The molecule has 1 aliphatic heterocycles. The van der Waals surface area contributed by atoms with Gasteiger partial charge in [-0.2, -0.15) is 0 Å². The maximum Gasteiger partial charge on any atom is 0.191 e. The number of guanidine groups is 1. The molecule has 0 saturated carbocycles. The number of hydrogen-bond donors (Lipinski definition) is 1. The quantitative estimate of drug-likeness (QED) is 0.497. The van der Waals surface area contributed by atoms with Gasteiger partial charge in [-0.05, 0) is 26.2 Å². The molecule has 1 fully saturated rings. The summed E-state index contributed by atoms with van der Waals surface area (Å²) < 4.78 is 1.98. The molecule has 1 aliphatic rings. The molecule has 1 aromatic heterocycles. The van der Waals surface area contributed by atoms with Crippen molar-refractivity contribution in [2.24, 2.45) is 10.7 Å². The average Bonchev–Trinajstić information content (AvgIpc) is 2.84. The molecule has 6 nitrogen and oxygen atoms in total. The lowest BCUT2D eigenvalue weighted by molar-refractivity contribution is 0.338. The minimum absolute atomic E-state index is 0. The molecule has 7 heteroatoms. The third-order valence-electron chi connectivity index (χ3n) is 3.10. The first-order valence-electron chi connectivity index (χ1n) is 6.23. The number of likely N-dealkylation sites (tertiary alicyclic amines) is 1. The first kappa shape index (κ1) is 15.2. The molecule has 0 aromatic carbocycles. The molecular formula is C11H21IN6. The Morgan fingerprint density at radius 3 is 2.78 bits per heavy atom. The predicted octanol–water partition coefficient (Wildman–Crippen LogP) is 1.22. The Bertz CT molecular complexity index is 383. The van der Waals surface area contributed by atoms with Gasteiger partial charge in [0.1, 0.15) is 12.9 Å². The van der Waals surface area contributed by atoms with E-state index in [0.29, 0.717) is 12.5 Å². The Labute approximate surface area is 125 Å². The van der Waals surface area contributed by atoms with Crippen LogP contribution in [-0.2, 0) is 13.1 Å². The molecule has 2 N–H and O–H groups in total. The second-order valence-electron chi connectivity index (χ2n) is 4.26. The van der Waals surface area contributed by atoms with Crippen molar-refractivity contribution < 1.29 is 0 Å². The second-order valence-corrected chi connectivity index (χ2v) is 4.26. The van der Waals surface area contributed by atoms with Gasteiger partial charge in [0, 0.05) is 19.6 Å². The molecular weight excluding hydrogens is 343 g/mol. The summed E-state index contributed by atoms with van der Waals surface area (Å²) in [6.45, 7) is 5.48. The van der Waals surface area contributed by atoms with Gasteiger partial charge in [0.15, 0.2) is 11.8 Å². The Kier molecular flexibility index (Phi) is 6.37. The Balaban J connectivity index is 0.00000162. The van der Waals surface area contributed by atoms with Crippen LogP contribution in [0.15, 0.2) is 11.3 Å². The lowest BCUT2D eigenvalue weighted by Gasteiger charge is -2.27. The van der Waals surface area contributed by atoms with Crippen molar-refractivity contribution in [3.05, 3.63) is 12.2 Å². The Morgan fingerprint density at radius 2 is 2.11 bits per heavy atom. The summed E-state index contributed by atoms with van der Waals surface area (Å²) in [6.07, 6.45) is 5.44. The Morgan fingerprint density at radius 1 is 1.39 bits per heavy atom. The van der Waals surface area contributed by atoms with Crippen molar-refractivity contribution in [3.8, 4) is 0 Å². The maximum absolute atomic E-state index is 5.98. The van der Waals surface area contributed by atoms with Gasteiger partial charge in [0.25, 0.3) is 0 Å². The highest BCUT2D eigenvalue weighted by Gasteiger charge is 2.12. The molecule has 0 bridgehead atoms. The van der Waals surface area contributed by atoms with E-state index in [4.69, 9.17) is 5.73 Å². The van der Waals surface area contributed by atoms with E-state index in [-0.39, 0.29) is 24.0 Å². The maximum atomic E-state index is 5.98. The molecule has 1 aromatic rings. The zero-order valence-corrected chi connectivity index (χ0v) is 13.1. The van der Waals surface area contributed by atoms with Crippen LogP contribution < -0.4 is 5.73 Å². The number of aromatic nitrogens is 3. The topological polar surface area (TPSA) is 72.3 Å². The summed E-state index contributed by atoms with van der Waals surface area (Å²) in [5.74, 6) is 1.50. The number of halogens is 1. The molecule has 18 heavy (non-hydrogen) atoms. The van der Waals surface area contributed by atoms with E-state index in [0.717, 1.165) is 25.5 Å². The molecule has 0 atom stereocenters. The summed E-state index contributed by atoms with van der Waals surface area (Å²) in [5.41, 5.74) is 5.98. The number of rotatable bonds is 3. The van der Waals surface area contributed by atoms with E-state index >= 15 is 0 Å². The fourth-order valence-corrected chi connectivity index (χ4v) is 2.04. The highest BCUT2D eigenvalue weighted by molar-refractivity contribution is 14.0. The van der Waals surface area contributed by atoms with E-state index in [9.17, 15) is 0 Å². The number of aliphatic imine (C=N–C) groups is 1. The van der Waals surface area contributed by atoms with Crippen LogP contribution in [0.25, 0.3) is 0 Å². The fraction of sp³-hybridized carbons (Fsp3) is 0.727. The minimum Gasteiger partial charge on any atom is -0.370 e. The van der Waals surface area contributed by atoms with Crippen molar-refractivity contribution in [1.82, 2.24) is 19.7 Å². The van der Waals surface area contributed by atoms with E-state index in [1.165, 1.54) is 19.3 Å². The van der Waals surface area contributed by atoms with Crippen LogP contribution in [0.1, 0.15) is 32.0 Å². The zero-order chi connectivity index (χ0) is 12.1. The molecule has 0 spiro atoms. The van der Waals surface area contributed by atoms with Crippen LogP contribution in [0.3, 0.4) is 0 Å². The number of hydrogen-bond acceptors (Lipinski definition) is 3. The number of piperidine rings is 1. The molecule has 0 amide bonds. The first-order valence-corrected chi connectivity index (χ1v) is 6.23. The first-order chi connectivity index (χ1) is 8.31. The standard InChI is InChI=1S/C11H20N6.HI/c1-2-16-9-14-15-10(16)8-13-11(12)17-6-4-3-5-7-17;/h9H,2-8H2,1H3,(H2,12,13);1H. The normalized spacial score (nSPS) is 16.5. The van der Waals surface area contributed by atoms with Crippen LogP contribution in [0, 0.1) is 0 Å². The predicted molar refractivity (Wildman–Crippen MR) is 81.9 cm³/mol. The SMILES string of the molecule is CCn1cnnc1CN=C(N)N1CCCCC1.I. The van der Waals surface area contributed by atoms with Gasteiger partial charge < -0.3 is 15.2 Å². The number of nitrogens with two attached hydrogens (primary N) is 1. The van der Waals surface area contributed by atoms with Crippen molar-refractivity contribution in [2.45, 2.75) is 39.3 Å². The van der Waals surface area contributed by atoms with E-state index in [1.807, 2.05) is 4.57 Å². The third kappa shape index (κ3) is 3.82. The minimum atomic E-state index is 0. The van der Waals surface area contributed by atoms with Gasteiger partial charge in [-0.15, -0.1) is 34.2 Å². The molecule has 102 valence electrons. The van der Waals surface area contributed by atoms with Crippen molar-refractivity contribution in [1.29, 1.82) is 0 Å². The van der Waals surface area contributed by atoms with Crippen molar-refractivity contribution in [2.75, 3.05) is 13.1 Å². The number of nitrogens with zero attached hydrogens (tertiary/aromatic N) is 5. The lowest BCUT2D eigenvalue weighted by atomic mass is 10.1. The van der Waals surface area contributed by atoms with E-state index in [2.05, 4.69) is 27.0 Å². The van der Waals surface area contributed by atoms with E-state index in [1.54, 1.807) is 6.33 Å². The van der Waals surface area contributed by atoms with Gasteiger partial charge in [0.2, 0.25) is 0 Å². The molecule has 1 saturated heterocycles. The van der Waals surface area contributed by atoms with Crippen LogP contribution in [0.2, 0.25) is 0 Å². The molecule has 2 heterocycles. The van der Waals surface area contributed by atoms with Crippen LogP contribution in [0.5, 0.6) is 0 Å². The fourth-order valence-electron chi connectivity index (χ4n) is 2.04. The average molecular weight is 364 g/mol. The van der Waals surface area contributed by atoms with Gasteiger partial charge in [0.05, 0.1) is 0 Å². The summed E-state index contributed by atoms with van der Waals surface area (Å²) in [7, 11) is 0. The van der Waals surface area contributed by atoms with Crippen LogP contribution in [-0.4, -0.2) is 38.7 Å². The van der Waals surface area contributed by atoms with E-state index < -0.39 is 0 Å². The summed E-state index contributed by atoms with van der Waals surface area (Å²) >= 11 is 0. The smallest absolute Gasteiger partial charge is 0.191 e. The molecule has 0 radical (unpaired) electrons. The zero-order valence-electron chi connectivity index (χ0n) is 10.7.